The van der Waals surface area contributed by atoms with Gasteiger partial charge in [0.1, 0.15) is 5.02 Å². The maximum atomic E-state index is 6.29. The van der Waals surface area contributed by atoms with Crippen molar-refractivity contribution >= 4 is 29.2 Å². The van der Waals surface area contributed by atoms with E-state index in [1.165, 1.54) is 51.6 Å². The molecule has 1 aliphatic carbocycles. The highest BCUT2D eigenvalue weighted by Crippen LogP contribution is 2.44. The van der Waals surface area contributed by atoms with Crippen molar-refractivity contribution in [1.82, 2.24) is 25.5 Å². The van der Waals surface area contributed by atoms with Gasteiger partial charge >= 0.3 is 0 Å². The molecule has 1 aliphatic heterocycles. The molecule has 8 heteroatoms. The quantitative estimate of drug-likeness (QED) is 0.740. The second-order valence-corrected chi connectivity index (χ2v) is 8.43. The normalized spacial score (nSPS) is 20.0. The third kappa shape index (κ3) is 4.04. The number of H-pyrrole nitrogens is 1. The maximum absolute atomic E-state index is 6.29. The van der Waals surface area contributed by atoms with Gasteiger partial charge in [-0.05, 0) is 64.0 Å². The number of hydrogen-bond acceptors (Lipinski definition) is 6. The second kappa shape index (κ2) is 7.64. The topological polar surface area (TPSA) is 81.8 Å². The summed E-state index contributed by atoms with van der Waals surface area (Å²) < 4.78 is 0. The van der Waals surface area contributed by atoms with Gasteiger partial charge in [0, 0.05) is 24.8 Å². The first-order valence-electron chi connectivity index (χ1n) is 9.80. The smallest absolute Gasteiger partial charge is 0.227 e. The Hall–Kier alpha value is -1.86. The Morgan fingerprint density at radius 2 is 1.96 bits per heavy atom. The van der Waals surface area contributed by atoms with Gasteiger partial charge in [0.2, 0.25) is 5.95 Å². The van der Waals surface area contributed by atoms with Gasteiger partial charge in [-0.3, -0.25) is 5.10 Å². The van der Waals surface area contributed by atoms with Crippen molar-refractivity contribution in [1.29, 1.82) is 0 Å². The number of hydrogen-bond donors (Lipinski definition) is 3. The molecule has 1 saturated carbocycles. The molecule has 7 nitrogen and oxygen atoms in total. The summed E-state index contributed by atoms with van der Waals surface area (Å²) in [7, 11) is 2.09. The van der Waals surface area contributed by atoms with Gasteiger partial charge in [0.05, 0.1) is 6.20 Å². The molecule has 27 heavy (non-hydrogen) atoms. The second-order valence-electron chi connectivity index (χ2n) is 8.02. The highest BCUT2D eigenvalue weighted by atomic mass is 35.5. The van der Waals surface area contributed by atoms with Crippen molar-refractivity contribution < 1.29 is 0 Å². The van der Waals surface area contributed by atoms with Crippen molar-refractivity contribution in [2.45, 2.75) is 51.5 Å². The van der Waals surface area contributed by atoms with Gasteiger partial charge in [-0.25, -0.2) is 4.98 Å². The minimum absolute atomic E-state index is 0.479. The highest BCUT2D eigenvalue weighted by Gasteiger charge is 2.37. The van der Waals surface area contributed by atoms with Crippen LogP contribution in [0, 0.1) is 12.3 Å². The molecule has 2 aromatic rings. The number of aromatic amines is 1. The SMILES string of the molecule is Cc1cc(Nc2nc(N(C)C3CCC4(CCNCC4)CC3)ncc2Cl)n[nH]1. The molecule has 0 amide bonds. The molecule has 2 fully saturated rings. The molecular formula is C19H28ClN7. The van der Waals surface area contributed by atoms with Crippen LogP contribution in [0.5, 0.6) is 0 Å². The van der Waals surface area contributed by atoms with E-state index in [0.29, 0.717) is 34.1 Å². The fourth-order valence-corrected chi connectivity index (χ4v) is 4.58. The average molecular weight is 390 g/mol. The van der Waals surface area contributed by atoms with Crippen LogP contribution in [0.15, 0.2) is 12.3 Å². The van der Waals surface area contributed by atoms with Crippen LogP contribution in [0.4, 0.5) is 17.6 Å². The van der Waals surface area contributed by atoms with Crippen LogP contribution in [-0.4, -0.2) is 46.3 Å². The molecule has 146 valence electrons. The summed E-state index contributed by atoms with van der Waals surface area (Å²) in [6.07, 6.45) is 9.30. The summed E-state index contributed by atoms with van der Waals surface area (Å²) in [6.45, 7) is 4.29. The van der Waals surface area contributed by atoms with Gasteiger partial charge in [-0.2, -0.15) is 10.1 Å². The molecule has 0 atom stereocenters. The van der Waals surface area contributed by atoms with Crippen LogP contribution in [-0.2, 0) is 0 Å². The van der Waals surface area contributed by atoms with E-state index in [2.05, 4.69) is 42.7 Å². The Balaban J connectivity index is 1.44. The molecule has 0 unspecified atom stereocenters. The molecule has 0 radical (unpaired) electrons. The Bertz CT molecular complexity index is 774. The lowest BCUT2D eigenvalue weighted by atomic mass is 9.67. The molecule has 2 aromatic heterocycles. The predicted molar refractivity (Wildman–Crippen MR) is 109 cm³/mol. The lowest BCUT2D eigenvalue weighted by Crippen LogP contribution is -2.44. The summed E-state index contributed by atoms with van der Waals surface area (Å²) in [5, 5.41) is 14.3. The largest absolute Gasteiger partial charge is 0.341 e. The first-order valence-corrected chi connectivity index (χ1v) is 10.2. The van der Waals surface area contributed by atoms with Crippen LogP contribution in [0.3, 0.4) is 0 Å². The Kier molecular flexibility index (Phi) is 5.23. The van der Waals surface area contributed by atoms with E-state index in [1.807, 2.05) is 13.0 Å². The monoisotopic (exact) mass is 389 g/mol. The van der Waals surface area contributed by atoms with Crippen LogP contribution in [0.2, 0.25) is 5.02 Å². The Morgan fingerprint density at radius 3 is 2.63 bits per heavy atom. The van der Waals surface area contributed by atoms with E-state index < -0.39 is 0 Å². The Labute approximate surface area is 165 Å². The fourth-order valence-electron chi connectivity index (χ4n) is 4.44. The Morgan fingerprint density at radius 1 is 1.22 bits per heavy atom. The van der Waals surface area contributed by atoms with Gasteiger partial charge in [0.15, 0.2) is 11.6 Å². The van der Waals surface area contributed by atoms with Crippen LogP contribution >= 0.6 is 11.6 Å². The predicted octanol–water partition coefficient (Wildman–Crippen LogP) is 3.65. The van der Waals surface area contributed by atoms with Crippen molar-refractivity contribution in [3.8, 4) is 0 Å². The molecular weight excluding hydrogens is 362 g/mol. The zero-order valence-corrected chi connectivity index (χ0v) is 16.8. The zero-order chi connectivity index (χ0) is 18.9. The molecule has 0 aromatic carbocycles. The fraction of sp³-hybridized carbons (Fsp3) is 0.632. The molecule has 2 aliphatic rings. The molecule has 0 bridgehead atoms. The van der Waals surface area contributed by atoms with E-state index in [4.69, 9.17) is 11.6 Å². The maximum Gasteiger partial charge on any atom is 0.227 e. The highest BCUT2D eigenvalue weighted by molar-refractivity contribution is 6.32. The summed E-state index contributed by atoms with van der Waals surface area (Å²) in [6, 6.07) is 2.40. The van der Waals surface area contributed by atoms with Gasteiger partial charge < -0.3 is 15.5 Å². The summed E-state index contributed by atoms with van der Waals surface area (Å²) in [4.78, 5) is 11.3. The zero-order valence-electron chi connectivity index (χ0n) is 16.1. The lowest BCUT2D eigenvalue weighted by molar-refractivity contribution is 0.123. The number of anilines is 3. The third-order valence-corrected chi connectivity index (χ3v) is 6.50. The minimum Gasteiger partial charge on any atom is -0.341 e. The van der Waals surface area contributed by atoms with Gasteiger partial charge in [-0.1, -0.05) is 11.6 Å². The third-order valence-electron chi connectivity index (χ3n) is 6.23. The minimum atomic E-state index is 0.479. The first kappa shape index (κ1) is 18.5. The number of rotatable bonds is 4. The molecule has 1 spiro atoms. The number of nitrogens with one attached hydrogen (secondary N) is 3. The first-order chi connectivity index (χ1) is 13.0. The molecule has 4 rings (SSSR count). The summed E-state index contributed by atoms with van der Waals surface area (Å²) >= 11 is 6.29. The van der Waals surface area contributed by atoms with E-state index in [9.17, 15) is 0 Å². The lowest BCUT2D eigenvalue weighted by Gasteiger charge is -2.45. The molecule has 1 saturated heterocycles. The van der Waals surface area contributed by atoms with Crippen LogP contribution < -0.4 is 15.5 Å². The molecule has 3 heterocycles. The van der Waals surface area contributed by atoms with E-state index in [1.54, 1.807) is 6.20 Å². The van der Waals surface area contributed by atoms with E-state index in [0.717, 1.165) is 5.69 Å². The summed E-state index contributed by atoms with van der Waals surface area (Å²) in [5.41, 5.74) is 1.54. The number of aryl methyl sites for hydroxylation is 1. The standard InChI is InChI=1S/C19H28ClN7/c1-13-11-16(26-25-13)23-17-15(20)12-22-18(24-17)27(2)14-3-5-19(6-4-14)7-9-21-10-8-19/h11-12,14,21H,3-10H2,1-2H3,(H2,22,23,24,25,26). The van der Waals surface area contributed by atoms with Crippen molar-refractivity contribution in [3.05, 3.63) is 23.0 Å². The van der Waals surface area contributed by atoms with Crippen LogP contribution in [0.25, 0.3) is 0 Å². The average Bonchev–Trinajstić information content (AvgIpc) is 3.09. The van der Waals surface area contributed by atoms with Crippen molar-refractivity contribution in [2.75, 3.05) is 30.4 Å². The number of halogens is 1. The van der Waals surface area contributed by atoms with Gasteiger partial charge in [0.25, 0.3) is 0 Å². The van der Waals surface area contributed by atoms with Crippen molar-refractivity contribution in [2.24, 2.45) is 5.41 Å². The molecule has 3 N–H and O–H groups in total. The summed E-state index contributed by atoms with van der Waals surface area (Å²) in [5.74, 6) is 2.00. The van der Waals surface area contributed by atoms with E-state index in [-0.39, 0.29) is 0 Å². The number of piperidine rings is 1. The van der Waals surface area contributed by atoms with Crippen molar-refractivity contribution in [3.63, 3.8) is 0 Å². The van der Waals surface area contributed by atoms with Crippen LogP contribution in [0.1, 0.15) is 44.2 Å². The number of nitrogens with zero attached hydrogens (tertiary/aromatic N) is 4. The van der Waals surface area contributed by atoms with E-state index >= 15 is 0 Å². The van der Waals surface area contributed by atoms with Gasteiger partial charge in [-0.15, -0.1) is 0 Å². The number of aromatic nitrogens is 4.